The summed E-state index contributed by atoms with van der Waals surface area (Å²) in [5.41, 5.74) is -0.0382. The summed E-state index contributed by atoms with van der Waals surface area (Å²) in [6.07, 6.45) is 4.36. The smallest absolute Gasteiger partial charge is 0.222 e. The van der Waals surface area contributed by atoms with Gasteiger partial charge in [-0.2, -0.15) is 0 Å². The molecule has 0 bridgehead atoms. The highest BCUT2D eigenvalue weighted by Gasteiger charge is 2.47. The van der Waals surface area contributed by atoms with Crippen molar-refractivity contribution in [2.45, 2.75) is 31.2 Å². The van der Waals surface area contributed by atoms with E-state index in [4.69, 9.17) is 0 Å². The second-order valence-electron chi connectivity index (χ2n) is 3.91. The molecule has 0 amide bonds. The summed E-state index contributed by atoms with van der Waals surface area (Å²) in [5, 5.41) is 10.5. The lowest BCUT2D eigenvalue weighted by Crippen LogP contribution is -2.44. The molecular formula is C8H15ClN2O2. The molecule has 2 fully saturated rings. The van der Waals surface area contributed by atoms with Gasteiger partial charge in [-0.15, -0.1) is 12.4 Å². The number of rotatable bonds is 2. The number of hydrogen-bond acceptors (Lipinski definition) is 3. The van der Waals surface area contributed by atoms with Gasteiger partial charge >= 0.3 is 0 Å². The van der Waals surface area contributed by atoms with Crippen LogP contribution in [0.1, 0.15) is 25.7 Å². The summed E-state index contributed by atoms with van der Waals surface area (Å²) < 4.78 is 0. The summed E-state index contributed by atoms with van der Waals surface area (Å²) in [5.74, 6) is 0. The van der Waals surface area contributed by atoms with Gasteiger partial charge in [0.25, 0.3) is 0 Å². The minimum atomic E-state index is -0.149. The van der Waals surface area contributed by atoms with Gasteiger partial charge in [-0.05, 0) is 38.8 Å². The topological polar surface area (TPSA) is 46.4 Å². The van der Waals surface area contributed by atoms with Crippen LogP contribution in [0.25, 0.3) is 0 Å². The molecule has 2 saturated heterocycles. The Morgan fingerprint density at radius 2 is 1.85 bits per heavy atom. The van der Waals surface area contributed by atoms with E-state index in [2.05, 4.69) is 4.90 Å². The first-order chi connectivity index (χ1) is 5.73. The van der Waals surface area contributed by atoms with Crippen molar-refractivity contribution in [1.82, 2.24) is 4.90 Å². The molecule has 5 heteroatoms. The Labute approximate surface area is 83.8 Å². The third-order valence-corrected chi connectivity index (χ3v) is 3.23. The van der Waals surface area contributed by atoms with E-state index < -0.39 is 0 Å². The van der Waals surface area contributed by atoms with Gasteiger partial charge in [0.15, 0.2) is 0 Å². The third-order valence-electron chi connectivity index (χ3n) is 3.23. The first-order valence-corrected chi connectivity index (χ1v) is 4.60. The van der Waals surface area contributed by atoms with Crippen molar-refractivity contribution in [2.75, 3.05) is 19.6 Å². The first-order valence-electron chi connectivity index (χ1n) is 4.60. The van der Waals surface area contributed by atoms with Gasteiger partial charge in [0, 0.05) is 4.92 Å². The molecule has 13 heavy (non-hydrogen) atoms. The Morgan fingerprint density at radius 1 is 1.31 bits per heavy atom. The van der Waals surface area contributed by atoms with Gasteiger partial charge in [-0.3, -0.25) is 15.0 Å². The molecule has 0 aliphatic carbocycles. The molecule has 2 heterocycles. The average Bonchev–Trinajstić information content (AvgIpc) is 2.42. The highest BCUT2D eigenvalue weighted by atomic mass is 35.5. The largest absolute Gasteiger partial charge is 0.292 e. The molecule has 4 nitrogen and oxygen atoms in total. The Bertz CT molecular complexity index is 200. The number of hydrogen-bond donors (Lipinski definition) is 0. The van der Waals surface area contributed by atoms with E-state index in [9.17, 15) is 10.1 Å². The molecule has 0 radical (unpaired) electrons. The zero-order valence-corrected chi connectivity index (χ0v) is 8.39. The van der Waals surface area contributed by atoms with E-state index in [1.165, 1.54) is 0 Å². The van der Waals surface area contributed by atoms with Crippen molar-refractivity contribution in [3.63, 3.8) is 0 Å². The number of nitro groups is 1. The Kier molecular flexibility index (Phi) is 3.14. The van der Waals surface area contributed by atoms with E-state index in [0.29, 0.717) is 0 Å². The monoisotopic (exact) mass is 206 g/mol. The molecule has 2 aliphatic heterocycles. The minimum absolute atomic E-state index is 0. The standard InChI is InChI=1S/C8H14N2O2.ClH/c11-10(12)7-8-3-1-5-9(8)6-2-4-8;/h1-7H2;1H. The fourth-order valence-electron chi connectivity index (χ4n) is 2.72. The normalized spacial score (nSPS) is 25.2. The molecule has 0 aromatic rings. The van der Waals surface area contributed by atoms with Crippen LogP contribution < -0.4 is 0 Å². The van der Waals surface area contributed by atoms with Gasteiger partial charge in [0.2, 0.25) is 6.54 Å². The molecule has 0 N–H and O–H groups in total. The average molecular weight is 207 g/mol. The van der Waals surface area contributed by atoms with Gasteiger partial charge in [0.05, 0.1) is 5.54 Å². The molecular weight excluding hydrogens is 192 g/mol. The molecule has 2 rings (SSSR count). The summed E-state index contributed by atoms with van der Waals surface area (Å²) in [6.45, 7) is 2.31. The van der Waals surface area contributed by atoms with E-state index in [1.54, 1.807) is 0 Å². The summed E-state index contributed by atoms with van der Waals surface area (Å²) in [6, 6.07) is 0. The van der Waals surface area contributed by atoms with E-state index in [1.807, 2.05) is 0 Å². The highest BCUT2D eigenvalue weighted by Crippen LogP contribution is 2.38. The molecule has 76 valence electrons. The molecule has 2 aliphatic rings. The lowest BCUT2D eigenvalue weighted by Gasteiger charge is -2.27. The van der Waals surface area contributed by atoms with E-state index >= 15 is 0 Å². The maximum atomic E-state index is 10.5. The van der Waals surface area contributed by atoms with Gasteiger partial charge in [-0.25, -0.2) is 0 Å². The van der Waals surface area contributed by atoms with Crippen LogP contribution in [-0.2, 0) is 0 Å². The molecule has 0 aromatic carbocycles. The summed E-state index contributed by atoms with van der Waals surface area (Å²) in [4.78, 5) is 12.6. The van der Waals surface area contributed by atoms with Crippen LogP contribution in [0.5, 0.6) is 0 Å². The van der Waals surface area contributed by atoms with Gasteiger partial charge in [-0.1, -0.05) is 0 Å². The van der Waals surface area contributed by atoms with Crippen LogP contribution in [0.15, 0.2) is 0 Å². The maximum Gasteiger partial charge on any atom is 0.222 e. The summed E-state index contributed by atoms with van der Waals surface area (Å²) >= 11 is 0. The SMILES string of the molecule is Cl.O=[N+]([O-])CC12CCCN1CCC2. The third kappa shape index (κ3) is 1.79. The second kappa shape index (κ2) is 3.80. The lowest BCUT2D eigenvalue weighted by atomic mass is 9.94. The Hall–Kier alpha value is -0.350. The van der Waals surface area contributed by atoms with Crippen molar-refractivity contribution in [3.8, 4) is 0 Å². The van der Waals surface area contributed by atoms with Crippen molar-refractivity contribution in [2.24, 2.45) is 0 Å². The lowest BCUT2D eigenvalue weighted by molar-refractivity contribution is -0.493. The van der Waals surface area contributed by atoms with E-state index in [0.717, 1.165) is 38.8 Å². The van der Waals surface area contributed by atoms with Crippen LogP contribution in [0.4, 0.5) is 0 Å². The molecule has 0 spiro atoms. The fraction of sp³-hybridized carbons (Fsp3) is 1.00. The van der Waals surface area contributed by atoms with Crippen LogP contribution in [0.2, 0.25) is 0 Å². The quantitative estimate of drug-likeness (QED) is 0.506. The molecule has 0 unspecified atom stereocenters. The molecule has 0 saturated carbocycles. The van der Waals surface area contributed by atoms with Crippen molar-refractivity contribution < 1.29 is 4.92 Å². The minimum Gasteiger partial charge on any atom is -0.292 e. The van der Waals surface area contributed by atoms with Crippen LogP contribution in [0, 0.1) is 10.1 Å². The van der Waals surface area contributed by atoms with Gasteiger partial charge < -0.3 is 0 Å². The first kappa shape index (κ1) is 10.7. The van der Waals surface area contributed by atoms with Crippen LogP contribution in [-0.4, -0.2) is 35.0 Å². The van der Waals surface area contributed by atoms with Crippen molar-refractivity contribution in [3.05, 3.63) is 10.1 Å². The molecule has 0 atom stereocenters. The number of nitrogens with zero attached hydrogens (tertiary/aromatic N) is 2. The van der Waals surface area contributed by atoms with Crippen LogP contribution >= 0.6 is 12.4 Å². The highest BCUT2D eigenvalue weighted by molar-refractivity contribution is 5.85. The number of fused-ring (bicyclic) bond motifs is 1. The van der Waals surface area contributed by atoms with E-state index in [-0.39, 0.29) is 29.4 Å². The molecule has 0 aromatic heterocycles. The Balaban J connectivity index is 0.000000845. The fourth-order valence-corrected chi connectivity index (χ4v) is 2.72. The second-order valence-corrected chi connectivity index (χ2v) is 3.91. The van der Waals surface area contributed by atoms with Crippen molar-refractivity contribution >= 4 is 12.4 Å². The zero-order valence-electron chi connectivity index (χ0n) is 7.57. The maximum absolute atomic E-state index is 10.5. The zero-order chi connectivity index (χ0) is 8.60. The number of halogens is 1. The predicted molar refractivity (Wildman–Crippen MR) is 51.9 cm³/mol. The van der Waals surface area contributed by atoms with Crippen molar-refractivity contribution in [1.29, 1.82) is 0 Å². The van der Waals surface area contributed by atoms with Crippen LogP contribution in [0.3, 0.4) is 0 Å². The predicted octanol–water partition coefficient (Wildman–Crippen LogP) is 1.31. The van der Waals surface area contributed by atoms with Gasteiger partial charge in [0.1, 0.15) is 0 Å². The Morgan fingerprint density at radius 3 is 2.31 bits per heavy atom. The summed E-state index contributed by atoms with van der Waals surface area (Å²) in [7, 11) is 0.